The van der Waals surface area contributed by atoms with Crippen molar-refractivity contribution in [1.82, 2.24) is 5.32 Å². The van der Waals surface area contributed by atoms with Gasteiger partial charge in [-0.1, -0.05) is 25.7 Å². The predicted octanol–water partition coefficient (Wildman–Crippen LogP) is 1.56. The van der Waals surface area contributed by atoms with Crippen LogP contribution in [-0.2, 0) is 52.4 Å². The molecule has 12 nitrogen and oxygen atoms in total. The Morgan fingerprint density at radius 2 is 1.36 bits per heavy atom. The van der Waals surface area contributed by atoms with Crippen molar-refractivity contribution in [3.63, 3.8) is 0 Å². The van der Waals surface area contributed by atoms with E-state index in [1.54, 1.807) is 0 Å². The fraction of sp³-hybridized carbons (Fsp3) is 0.792. The molecule has 36 heavy (non-hydrogen) atoms. The van der Waals surface area contributed by atoms with Crippen LogP contribution in [0.25, 0.3) is 0 Å². The normalized spacial score (nSPS) is 23.3. The first-order valence-electron chi connectivity index (χ1n) is 12.1. The molecule has 1 rings (SSSR count). The first-order chi connectivity index (χ1) is 17.0. The smallest absolute Gasteiger partial charge is 0.305 e. The number of carbonyl (C=O) groups is 5. The molecule has 0 radical (unpaired) electrons. The molecule has 5 atom stereocenters. The Labute approximate surface area is 211 Å². The molecule has 1 aliphatic rings. The van der Waals surface area contributed by atoms with E-state index in [4.69, 9.17) is 23.7 Å². The van der Waals surface area contributed by atoms with Crippen LogP contribution in [0.4, 0.5) is 0 Å². The maximum Gasteiger partial charge on any atom is 0.305 e. The summed E-state index contributed by atoms with van der Waals surface area (Å²) in [6.07, 6.45) is 1.28. The quantitative estimate of drug-likeness (QED) is 0.191. The summed E-state index contributed by atoms with van der Waals surface area (Å²) in [6.45, 7) is 4.88. The van der Waals surface area contributed by atoms with Crippen LogP contribution in [0.3, 0.4) is 0 Å². The molecule has 0 bridgehead atoms. The predicted molar refractivity (Wildman–Crippen MR) is 124 cm³/mol. The number of methoxy groups -OCH3 is 1. The summed E-state index contributed by atoms with van der Waals surface area (Å²) in [5.41, 5.74) is 0. The van der Waals surface area contributed by atoms with E-state index in [1.165, 1.54) is 34.8 Å². The molecular weight excluding hydrogens is 478 g/mol. The zero-order valence-electron chi connectivity index (χ0n) is 21.7. The van der Waals surface area contributed by atoms with Crippen molar-refractivity contribution in [2.75, 3.05) is 20.3 Å². The molecule has 1 saturated heterocycles. The van der Waals surface area contributed by atoms with Gasteiger partial charge in [0.1, 0.15) is 18.8 Å². The molecule has 0 aromatic heterocycles. The number of unbranched alkanes of at least 4 members (excludes halogenated alkanes) is 5. The van der Waals surface area contributed by atoms with E-state index in [0.717, 1.165) is 32.1 Å². The summed E-state index contributed by atoms with van der Waals surface area (Å²) in [6, 6.07) is -0.970. The lowest BCUT2D eigenvalue weighted by Crippen LogP contribution is -2.66. The minimum Gasteiger partial charge on any atom is -0.469 e. The number of carbonyl (C=O) groups excluding carboxylic acids is 5. The molecule has 0 aliphatic carbocycles. The molecule has 1 aliphatic heterocycles. The molecule has 206 valence electrons. The van der Waals surface area contributed by atoms with Crippen molar-refractivity contribution < 1.29 is 52.4 Å². The topological polar surface area (TPSA) is 153 Å². The van der Waals surface area contributed by atoms with Crippen LogP contribution in [-0.4, -0.2) is 80.8 Å². The standard InChI is InChI=1S/C24H39NO11/c1-15(26)25-21-23(35-18(4)29)22(34-17(3)28)19(14-33-16(2)27)36-24(21)32-13-11-9-7-6-8-10-12-20(30)31-5/h19,21-24H,6-14H2,1-5H3,(H,25,26)/t19-,21-,22-,23-,24-/m1/s1. The van der Waals surface area contributed by atoms with Crippen molar-refractivity contribution in [3.8, 4) is 0 Å². The van der Waals surface area contributed by atoms with Crippen LogP contribution >= 0.6 is 0 Å². The van der Waals surface area contributed by atoms with Gasteiger partial charge in [0.25, 0.3) is 0 Å². The second kappa shape index (κ2) is 16.9. The van der Waals surface area contributed by atoms with E-state index in [-0.39, 0.29) is 19.2 Å². The van der Waals surface area contributed by atoms with E-state index in [1.807, 2.05) is 0 Å². The van der Waals surface area contributed by atoms with Gasteiger partial charge in [-0.2, -0.15) is 0 Å². The first-order valence-corrected chi connectivity index (χ1v) is 12.1. The minimum atomic E-state index is -1.15. The highest BCUT2D eigenvalue weighted by Crippen LogP contribution is 2.28. The van der Waals surface area contributed by atoms with Gasteiger partial charge in [0.2, 0.25) is 5.91 Å². The van der Waals surface area contributed by atoms with Gasteiger partial charge in [0, 0.05) is 40.7 Å². The number of hydrogen-bond acceptors (Lipinski definition) is 11. The molecule has 0 saturated carbocycles. The van der Waals surface area contributed by atoms with E-state index in [2.05, 4.69) is 10.1 Å². The average Bonchev–Trinajstić information content (AvgIpc) is 2.79. The fourth-order valence-electron chi connectivity index (χ4n) is 3.81. The molecule has 0 aromatic rings. The van der Waals surface area contributed by atoms with Gasteiger partial charge in [0.05, 0.1) is 7.11 Å². The Balaban J connectivity index is 2.80. The maximum absolute atomic E-state index is 11.9. The summed E-state index contributed by atoms with van der Waals surface area (Å²) in [4.78, 5) is 58.0. The molecule has 0 aromatic carbocycles. The Kier molecular flexibility index (Phi) is 14.7. The first kappa shape index (κ1) is 31.3. The molecule has 0 spiro atoms. The maximum atomic E-state index is 11.9. The summed E-state index contributed by atoms with van der Waals surface area (Å²) < 4.78 is 32.3. The number of esters is 4. The zero-order chi connectivity index (χ0) is 27.1. The second-order valence-corrected chi connectivity index (χ2v) is 8.54. The highest BCUT2D eigenvalue weighted by atomic mass is 16.7. The number of nitrogens with one attached hydrogen (secondary N) is 1. The van der Waals surface area contributed by atoms with Gasteiger partial charge in [-0.05, 0) is 12.8 Å². The van der Waals surface area contributed by atoms with Gasteiger partial charge in [-0.3, -0.25) is 24.0 Å². The Bertz CT molecular complexity index is 742. The van der Waals surface area contributed by atoms with Crippen molar-refractivity contribution in [2.24, 2.45) is 0 Å². The second-order valence-electron chi connectivity index (χ2n) is 8.54. The van der Waals surface area contributed by atoms with Crippen molar-refractivity contribution in [2.45, 2.75) is 103 Å². The van der Waals surface area contributed by atoms with Gasteiger partial charge < -0.3 is 33.7 Å². The lowest BCUT2D eigenvalue weighted by Gasteiger charge is -2.44. The lowest BCUT2D eigenvalue weighted by molar-refractivity contribution is -0.277. The van der Waals surface area contributed by atoms with Crippen molar-refractivity contribution in [3.05, 3.63) is 0 Å². The molecular formula is C24H39NO11. The summed E-state index contributed by atoms with van der Waals surface area (Å²) in [5, 5.41) is 2.66. The Morgan fingerprint density at radius 1 is 0.778 bits per heavy atom. The monoisotopic (exact) mass is 517 g/mol. The highest BCUT2D eigenvalue weighted by Gasteiger charge is 2.51. The molecule has 1 amide bonds. The molecule has 12 heteroatoms. The molecule has 1 heterocycles. The number of hydrogen-bond donors (Lipinski definition) is 1. The van der Waals surface area contributed by atoms with E-state index < -0.39 is 54.5 Å². The fourth-order valence-corrected chi connectivity index (χ4v) is 3.81. The SMILES string of the molecule is COC(=O)CCCCCCCCO[C@@H]1O[C@H](COC(C)=O)[C@@H](OC(C)=O)[C@H](OC(C)=O)[C@H]1NC(C)=O. The van der Waals surface area contributed by atoms with E-state index >= 15 is 0 Å². The Morgan fingerprint density at radius 3 is 1.92 bits per heavy atom. The number of amides is 1. The van der Waals surface area contributed by atoms with Gasteiger partial charge in [-0.15, -0.1) is 0 Å². The zero-order valence-corrected chi connectivity index (χ0v) is 21.7. The summed E-state index contributed by atoms with van der Waals surface area (Å²) in [5.74, 6) is -2.54. The highest BCUT2D eigenvalue weighted by molar-refractivity contribution is 5.73. The van der Waals surface area contributed by atoms with Crippen molar-refractivity contribution in [1.29, 1.82) is 0 Å². The number of ether oxygens (including phenoxy) is 6. The van der Waals surface area contributed by atoms with Crippen LogP contribution in [0, 0.1) is 0 Å². The van der Waals surface area contributed by atoms with Crippen LogP contribution in [0.2, 0.25) is 0 Å². The van der Waals surface area contributed by atoms with Crippen LogP contribution in [0.15, 0.2) is 0 Å². The third kappa shape index (κ3) is 12.3. The Hall–Kier alpha value is -2.73. The average molecular weight is 518 g/mol. The van der Waals surface area contributed by atoms with Gasteiger partial charge in [-0.25, -0.2) is 0 Å². The van der Waals surface area contributed by atoms with Gasteiger partial charge >= 0.3 is 23.9 Å². The third-order valence-corrected chi connectivity index (χ3v) is 5.36. The van der Waals surface area contributed by atoms with Crippen molar-refractivity contribution >= 4 is 29.8 Å². The minimum absolute atomic E-state index is 0.209. The number of rotatable bonds is 15. The summed E-state index contributed by atoms with van der Waals surface area (Å²) >= 11 is 0. The lowest BCUT2D eigenvalue weighted by atomic mass is 9.96. The molecule has 1 fully saturated rings. The van der Waals surface area contributed by atoms with Crippen LogP contribution < -0.4 is 5.32 Å². The van der Waals surface area contributed by atoms with Crippen LogP contribution in [0.5, 0.6) is 0 Å². The van der Waals surface area contributed by atoms with Gasteiger partial charge in [0.15, 0.2) is 18.5 Å². The third-order valence-electron chi connectivity index (χ3n) is 5.36. The van der Waals surface area contributed by atoms with Crippen LogP contribution in [0.1, 0.15) is 72.6 Å². The molecule has 0 unspecified atom stereocenters. The van der Waals surface area contributed by atoms with E-state index in [9.17, 15) is 24.0 Å². The largest absolute Gasteiger partial charge is 0.469 e. The molecule has 1 N–H and O–H groups in total. The van der Waals surface area contributed by atoms with E-state index in [0.29, 0.717) is 12.8 Å². The summed E-state index contributed by atoms with van der Waals surface area (Å²) in [7, 11) is 1.37.